The van der Waals surface area contributed by atoms with E-state index in [2.05, 4.69) is 29.7 Å². The third-order valence-corrected chi connectivity index (χ3v) is 4.04. The van der Waals surface area contributed by atoms with Gasteiger partial charge in [-0.2, -0.15) is 0 Å². The van der Waals surface area contributed by atoms with Gasteiger partial charge in [0.25, 0.3) is 5.91 Å². The number of ether oxygens (including phenoxy) is 1. The number of amides is 1. The minimum Gasteiger partial charge on any atom is -0.491 e. The van der Waals surface area contributed by atoms with E-state index >= 15 is 0 Å². The summed E-state index contributed by atoms with van der Waals surface area (Å²) < 4.78 is 5.70. The van der Waals surface area contributed by atoms with Crippen molar-refractivity contribution in [2.75, 3.05) is 6.54 Å². The molecular formula is C20H24N2O2S. The lowest BCUT2D eigenvalue weighted by atomic mass is 10.1. The third-order valence-electron chi connectivity index (χ3n) is 3.80. The van der Waals surface area contributed by atoms with Crippen LogP contribution in [-0.2, 0) is 6.42 Å². The number of hydrogen-bond donors (Lipinski definition) is 2. The Bertz CT molecular complexity index is 687. The zero-order chi connectivity index (χ0) is 18.1. The van der Waals surface area contributed by atoms with Gasteiger partial charge in [-0.05, 0) is 61.8 Å². The standard InChI is InChI=1S/C20H24N2O2S/c1-3-15(2)24-18-11-9-17(10-12-18)19(23)22-20(25)21-14-13-16-7-5-4-6-8-16/h4-12,15H,3,13-14H2,1-2H3,(H2,21,22,23,25). The number of benzene rings is 2. The van der Waals surface area contributed by atoms with Crippen molar-refractivity contribution < 1.29 is 9.53 Å². The van der Waals surface area contributed by atoms with Crippen LogP contribution in [0.15, 0.2) is 54.6 Å². The van der Waals surface area contributed by atoms with E-state index in [4.69, 9.17) is 17.0 Å². The minimum absolute atomic E-state index is 0.154. The van der Waals surface area contributed by atoms with Crippen LogP contribution in [0.1, 0.15) is 36.2 Å². The van der Waals surface area contributed by atoms with Crippen LogP contribution in [0.25, 0.3) is 0 Å². The van der Waals surface area contributed by atoms with Gasteiger partial charge in [0.2, 0.25) is 0 Å². The molecule has 0 heterocycles. The van der Waals surface area contributed by atoms with E-state index in [1.807, 2.05) is 25.1 Å². The van der Waals surface area contributed by atoms with E-state index in [9.17, 15) is 4.79 Å². The number of carbonyl (C=O) groups is 1. The molecule has 0 saturated carbocycles. The van der Waals surface area contributed by atoms with Crippen molar-refractivity contribution in [3.8, 4) is 5.75 Å². The lowest BCUT2D eigenvalue weighted by Gasteiger charge is -2.13. The highest BCUT2D eigenvalue weighted by Gasteiger charge is 2.08. The Hall–Kier alpha value is -2.40. The Balaban J connectivity index is 1.77. The summed E-state index contributed by atoms with van der Waals surface area (Å²) in [5, 5.41) is 6.08. The van der Waals surface area contributed by atoms with Gasteiger partial charge < -0.3 is 10.1 Å². The normalized spacial score (nSPS) is 11.4. The Morgan fingerprint density at radius 3 is 2.44 bits per heavy atom. The number of carbonyl (C=O) groups excluding carboxylic acids is 1. The average Bonchev–Trinajstić information content (AvgIpc) is 2.63. The van der Waals surface area contributed by atoms with Crippen molar-refractivity contribution >= 4 is 23.2 Å². The van der Waals surface area contributed by atoms with Crippen molar-refractivity contribution in [1.29, 1.82) is 0 Å². The first kappa shape index (κ1) is 18.9. The Morgan fingerprint density at radius 2 is 1.80 bits per heavy atom. The maximum atomic E-state index is 12.2. The summed E-state index contributed by atoms with van der Waals surface area (Å²) in [6.45, 7) is 4.75. The van der Waals surface area contributed by atoms with Crippen molar-refractivity contribution in [1.82, 2.24) is 10.6 Å². The molecule has 0 spiro atoms. The molecule has 1 atom stereocenters. The van der Waals surface area contributed by atoms with E-state index < -0.39 is 0 Å². The lowest BCUT2D eigenvalue weighted by Crippen LogP contribution is -2.40. The van der Waals surface area contributed by atoms with Gasteiger partial charge in [0.1, 0.15) is 5.75 Å². The first-order valence-corrected chi connectivity index (χ1v) is 8.89. The van der Waals surface area contributed by atoms with Crippen LogP contribution >= 0.6 is 12.2 Å². The Labute approximate surface area is 154 Å². The van der Waals surface area contributed by atoms with E-state index in [0.717, 1.165) is 18.6 Å². The van der Waals surface area contributed by atoms with E-state index in [0.29, 0.717) is 17.2 Å². The van der Waals surface area contributed by atoms with Crippen molar-refractivity contribution in [3.63, 3.8) is 0 Å². The second kappa shape index (κ2) is 9.79. The summed E-state index contributed by atoms with van der Waals surface area (Å²) in [5.41, 5.74) is 1.77. The smallest absolute Gasteiger partial charge is 0.257 e. The highest BCUT2D eigenvalue weighted by atomic mass is 32.1. The molecule has 2 aromatic rings. The fraction of sp³-hybridized carbons (Fsp3) is 0.300. The fourth-order valence-corrected chi connectivity index (χ4v) is 2.38. The molecular weight excluding hydrogens is 332 g/mol. The molecule has 25 heavy (non-hydrogen) atoms. The predicted molar refractivity (Wildman–Crippen MR) is 105 cm³/mol. The van der Waals surface area contributed by atoms with E-state index in [-0.39, 0.29) is 12.0 Å². The van der Waals surface area contributed by atoms with Crippen molar-refractivity contribution in [2.24, 2.45) is 0 Å². The maximum absolute atomic E-state index is 12.2. The first-order valence-electron chi connectivity index (χ1n) is 8.48. The average molecular weight is 356 g/mol. The molecule has 2 N–H and O–H groups in total. The molecule has 4 nitrogen and oxygen atoms in total. The zero-order valence-corrected chi connectivity index (χ0v) is 15.4. The molecule has 132 valence electrons. The molecule has 0 bridgehead atoms. The van der Waals surface area contributed by atoms with Crippen LogP contribution in [0.4, 0.5) is 0 Å². The van der Waals surface area contributed by atoms with Crippen LogP contribution in [0.3, 0.4) is 0 Å². The first-order chi connectivity index (χ1) is 12.1. The van der Waals surface area contributed by atoms with Gasteiger partial charge in [0, 0.05) is 12.1 Å². The van der Waals surface area contributed by atoms with Gasteiger partial charge in [0.05, 0.1) is 6.10 Å². The van der Waals surface area contributed by atoms with Crippen LogP contribution < -0.4 is 15.4 Å². The quantitative estimate of drug-likeness (QED) is 0.743. The molecule has 2 aromatic carbocycles. The third kappa shape index (κ3) is 6.55. The maximum Gasteiger partial charge on any atom is 0.257 e. The number of thiocarbonyl (C=S) groups is 1. The van der Waals surface area contributed by atoms with Crippen LogP contribution in [-0.4, -0.2) is 23.7 Å². The molecule has 0 aliphatic carbocycles. The zero-order valence-electron chi connectivity index (χ0n) is 14.6. The highest BCUT2D eigenvalue weighted by molar-refractivity contribution is 7.80. The molecule has 0 aliphatic heterocycles. The summed E-state index contributed by atoms with van der Waals surface area (Å²) >= 11 is 5.18. The Kier molecular flexibility index (Phi) is 7.41. The van der Waals surface area contributed by atoms with Gasteiger partial charge in [-0.25, -0.2) is 0 Å². The van der Waals surface area contributed by atoms with Gasteiger partial charge in [0.15, 0.2) is 5.11 Å². The molecule has 1 unspecified atom stereocenters. The summed E-state index contributed by atoms with van der Waals surface area (Å²) in [6, 6.07) is 17.2. The SMILES string of the molecule is CCC(C)Oc1ccc(C(=O)NC(=S)NCCc2ccccc2)cc1. The molecule has 0 aliphatic rings. The summed E-state index contributed by atoms with van der Waals surface area (Å²) in [6.07, 6.45) is 1.94. The van der Waals surface area contributed by atoms with Crippen LogP contribution in [0.2, 0.25) is 0 Å². The lowest BCUT2D eigenvalue weighted by molar-refractivity contribution is 0.0976. The predicted octanol–water partition coefficient (Wildman–Crippen LogP) is 3.71. The number of nitrogens with one attached hydrogen (secondary N) is 2. The summed E-state index contributed by atoms with van der Waals surface area (Å²) in [4.78, 5) is 12.2. The van der Waals surface area contributed by atoms with Crippen LogP contribution in [0, 0.1) is 0 Å². The second-order valence-corrected chi connectivity index (χ2v) is 6.21. The molecule has 0 fully saturated rings. The molecule has 5 heteroatoms. The van der Waals surface area contributed by atoms with E-state index in [1.165, 1.54) is 5.56 Å². The number of hydrogen-bond acceptors (Lipinski definition) is 3. The fourth-order valence-electron chi connectivity index (χ4n) is 2.19. The van der Waals surface area contributed by atoms with Gasteiger partial charge in [-0.15, -0.1) is 0 Å². The van der Waals surface area contributed by atoms with Crippen molar-refractivity contribution in [2.45, 2.75) is 32.8 Å². The van der Waals surface area contributed by atoms with Gasteiger partial charge in [-0.3, -0.25) is 10.1 Å². The van der Waals surface area contributed by atoms with Crippen LogP contribution in [0.5, 0.6) is 5.75 Å². The summed E-state index contributed by atoms with van der Waals surface area (Å²) in [5.74, 6) is 0.529. The Morgan fingerprint density at radius 1 is 1.12 bits per heavy atom. The largest absolute Gasteiger partial charge is 0.491 e. The molecule has 0 saturated heterocycles. The molecule has 0 radical (unpaired) electrons. The monoisotopic (exact) mass is 356 g/mol. The molecule has 2 rings (SSSR count). The second-order valence-electron chi connectivity index (χ2n) is 5.81. The topological polar surface area (TPSA) is 50.4 Å². The summed E-state index contributed by atoms with van der Waals surface area (Å²) in [7, 11) is 0. The van der Waals surface area contributed by atoms with E-state index in [1.54, 1.807) is 24.3 Å². The molecule has 1 amide bonds. The van der Waals surface area contributed by atoms with Crippen molar-refractivity contribution in [3.05, 3.63) is 65.7 Å². The molecule has 0 aromatic heterocycles. The van der Waals surface area contributed by atoms with Gasteiger partial charge in [-0.1, -0.05) is 37.3 Å². The number of rotatable bonds is 7. The highest BCUT2D eigenvalue weighted by Crippen LogP contribution is 2.14. The minimum atomic E-state index is -0.229. The van der Waals surface area contributed by atoms with Gasteiger partial charge >= 0.3 is 0 Å².